The molecule has 0 unspecified atom stereocenters. The molecule has 0 saturated carbocycles. The van der Waals surface area contributed by atoms with Gasteiger partial charge in [-0.2, -0.15) is 11.8 Å². The van der Waals surface area contributed by atoms with Crippen molar-refractivity contribution >= 4 is 23.6 Å². The average molecular weight is 256 g/mol. The van der Waals surface area contributed by atoms with Crippen LogP contribution in [0, 0.1) is 0 Å². The van der Waals surface area contributed by atoms with Gasteiger partial charge in [0.1, 0.15) is 5.69 Å². The summed E-state index contributed by atoms with van der Waals surface area (Å²) in [6.45, 7) is 0.122. The summed E-state index contributed by atoms with van der Waals surface area (Å²) in [5.74, 6) is 0.253. The minimum absolute atomic E-state index is 0.122. The molecule has 0 aliphatic heterocycles. The number of carbonyl (C=O) groups excluding carboxylic acids is 2. The van der Waals surface area contributed by atoms with Crippen LogP contribution >= 0.6 is 11.8 Å². The maximum atomic E-state index is 11.6. The van der Waals surface area contributed by atoms with Crippen LogP contribution in [-0.4, -0.2) is 39.6 Å². The lowest BCUT2D eigenvalue weighted by Crippen LogP contribution is -2.33. The zero-order valence-corrected chi connectivity index (χ0v) is 10.5. The van der Waals surface area contributed by atoms with E-state index in [4.69, 9.17) is 5.11 Å². The monoisotopic (exact) mass is 256 g/mol. The van der Waals surface area contributed by atoms with E-state index in [0.29, 0.717) is 17.9 Å². The molecule has 0 atom stereocenters. The van der Waals surface area contributed by atoms with Crippen molar-refractivity contribution in [2.24, 2.45) is 7.05 Å². The first-order valence-electron chi connectivity index (χ1n) is 5.29. The van der Waals surface area contributed by atoms with Crippen LogP contribution in [-0.2, 0) is 11.8 Å². The van der Waals surface area contributed by atoms with Crippen molar-refractivity contribution in [1.29, 1.82) is 0 Å². The van der Waals surface area contributed by atoms with Crippen LogP contribution < -0.4 is 5.32 Å². The lowest BCUT2D eigenvalue weighted by atomic mass is 10.4. The number of hydrogen-bond acceptors (Lipinski definition) is 4. The molecular weight excluding hydrogens is 240 g/mol. The Morgan fingerprint density at radius 2 is 2.29 bits per heavy atom. The van der Waals surface area contributed by atoms with Crippen molar-refractivity contribution in [3.63, 3.8) is 0 Å². The van der Waals surface area contributed by atoms with Gasteiger partial charge in [0.25, 0.3) is 5.91 Å². The zero-order chi connectivity index (χ0) is 12.7. The molecule has 0 aromatic carbocycles. The summed E-state index contributed by atoms with van der Waals surface area (Å²) < 4.78 is 1.65. The third kappa shape index (κ3) is 4.62. The van der Waals surface area contributed by atoms with E-state index in [9.17, 15) is 9.59 Å². The van der Waals surface area contributed by atoms with Gasteiger partial charge in [-0.05, 0) is 24.3 Å². The van der Waals surface area contributed by atoms with Crippen LogP contribution in [0.2, 0.25) is 0 Å². The molecule has 0 saturated heterocycles. The van der Waals surface area contributed by atoms with Gasteiger partial charge in [0, 0.05) is 19.9 Å². The predicted octanol–water partition coefficient (Wildman–Crippen LogP) is 0.397. The molecule has 94 valence electrons. The molecule has 0 aliphatic carbocycles. The van der Waals surface area contributed by atoms with E-state index < -0.39 is 0 Å². The lowest BCUT2D eigenvalue weighted by molar-refractivity contribution is -0.117. The highest BCUT2D eigenvalue weighted by molar-refractivity contribution is 7.99. The topological polar surface area (TPSA) is 71.3 Å². The third-order valence-electron chi connectivity index (χ3n) is 2.11. The van der Waals surface area contributed by atoms with Crippen molar-refractivity contribution in [1.82, 2.24) is 9.88 Å². The number of rotatable bonds is 6. The van der Waals surface area contributed by atoms with Gasteiger partial charge >= 0.3 is 0 Å². The van der Waals surface area contributed by atoms with E-state index in [-0.39, 0.29) is 24.2 Å². The summed E-state index contributed by atoms with van der Waals surface area (Å²) in [7, 11) is 1.75. The number of thioether (sulfide) groups is 1. The summed E-state index contributed by atoms with van der Waals surface area (Å²) in [5, 5.41) is 10.9. The highest BCUT2D eigenvalue weighted by atomic mass is 32.2. The third-order valence-corrected chi connectivity index (χ3v) is 3.15. The Kier molecular flexibility index (Phi) is 5.79. The standard InChI is InChI=1S/C11H16N2O3S/c1-13-5-2-4-9(13)11(16)12-10(15)8-17-7-3-6-14/h2,4-5,14H,3,6-8H2,1H3,(H,12,15,16). The van der Waals surface area contributed by atoms with Crippen molar-refractivity contribution in [2.45, 2.75) is 6.42 Å². The summed E-state index contributed by atoms with van der Waals surface area (Å²) in [5.41, 5.74) is 0.457. The van der Waals surface area contributed by atoms with Crippen LogP contribution in [0.3, 0.4) is 0 Å². The first kappa shape index (κ1) is 13.8. The Morgan fingerprint density at radius 1 is 1.53 bits per heavy atom. The summed E-state index contributed by atoms with van der Waals surface area (Å²) in [4.78, 5) is 23.0. The summed E-state index contributed by atoms with van der Waals surface area (Å²) >= 11 is 1.40. The first-order valence-corrected chi connectivity index (χ1v) is 6.44. The number of aliphatic hydroxyl groups excluding tert-OH is 1. The average Bonchev–Trinajstić information content (AvgIpc) is 2.71. The van der Waals surface area contributed by atoms with Crippen LogP contribution in [0.25, 0.3) is 0 Å². The van der Waals surface area contributed by atoms with Gasteiger partial charge in [0.05, 0.1) is 5.75 Å². The molecule has 17 heavy (non-hydrogen) atoms. The molecule has 1 heterocycles. The minimum atomic E-state index is -0.384. The number of nitrogens with zero attached hydrogens (tertiary/aromatic N) is 1. The van der Waals surface area contributed by atoms with Gasteiger partial charge in [0.2, 0.25) is 5.91 Å². The molecular formula is C11H16N2O3S. The molecule has 1 aromatic rings. The van der Waals surface area contributed by atoms with Crippen molar-refractivity contribution in [2.75, 3.05) is 18.1 Å². The summed E-state index contributed by atoms with van der Waals surface area (Å²) in [6, 6.07) is 3.40. The number of aliphatic hydroxyl groups is 1. The number of hydrogen-bond donors (Lipinski definition) is 2. The summed E-state index contributed by atoms with van der Waals surface area (Å²) in [6.07, 6.45) is 2.40. The smallest absolute Gasteiger partial charge is 0.274 e. The molecule has 5 nitrogen and oxygen atoms in total. The lowest BCUT2D eigenvalue weighted by Gasteiger charge is -2.04. The Bertz CT molecular complexity index is 390. The Labute approximate surface area is 104 Å². The largest absolute Gasteiger partial charge is 0.396 e. The quantitative estimate of drug-likeness (QED) is 0.723. The zero-order valence-electron chi connectivity index (χ0n) is 9.68. The second-order valence-electron chi connectivity index (χ2n) is 3.51. The second kappa shape index (κ2) is 7.13. The Morgan fingerprint density at radius 3 is 2.88 bits per heavy atom. The molecule has 0 aliphatic rings. The normalized spacial score (nSPS) is 10.2. The minimum Gasteiger partial charge on any atom is -0.396 e. The van der Waals surface area contributed by atoms with Crippen LogP contribution in [0.4, 0.5) is 0 Å². The molecule has 2 amide bonds. The van der Waals surface area contributed by atoms with Gasteiger partial charge in [0.15, 0.2) is 0 Å². The number of aromatic nitrogens is 1. The molecule has 0 fully saturated rings. The van der Waals surface area contributed by atoms with Gasteiger partial charge < -0.3 is 9.67 Å². The Hall–Kier alpha value is -1.27. The van der Waals surface area contributed by atoms with Crippen LogP contribution in [0.15, 0.2) is 18.3 Å². The number of imide groups is 1. The van der Waals surface area contributed by atoms with Gasteiger partial charge in [-0.25, -0.2) is 0 Å². The van der Waals surface area contributed by atoms with E-state index in [0.717, 1.165) is 0 Å². The van der Waals surface area contributed by atoms with Crippen molar-refractivity contribution in [3.8, 4) is 0 Å². The van der Waals surface area contributed by atoms with Gasteiger partial charge in [-0.15, -0.1) is 0 Å². The van der Waals surface area contributed by atoms with Gasteiger partial charge in [-0.3, -0.25) is 14.9 Å². The van der Waals surface area contributed by atoms with Crippen molar-refractivity contribution in [3.05, 3.63) is 24.0 Å². The Balaban J connectivity index is 2.32. The number of aryl methyl sites for hydroxylation is 1. The predicted molar refractivity (Wildman–Crippen MR) is 66.9 cm³/mol. The maximum absolute atomic E-state index is 11.6. The maximum Gasteiger partial charge on any atom is 0.274 e. The fourth-order valence-electron chi connectivity index (χ4n) is 1.26. The molecule has 1 aromatic heterocycles. The molecule has 0 radical (unpaired) electrons. The second-order valence-corrected chi connectivity index (χ2v) is 4.62. The molecule has 0 bridgehead atoms. The molecule has 0 spiro atoms. The SMILES string of the molecule is Cn1cccc1C(=O)NC(=O)CSCCCO. The van der Waals surface area contributed by atoms with Gasteiger partial charge in [-0.1, -0.05) is 0 Å². The van der Waals surface area contributed by atoms with E-state index in [1.54, 1.807) is 29.9 Å². The van der Waals surface area contributed by atoms with E-state index >= 15 is 0 Å². The number of carbonyl (C=O) groups is 2. The fraction of sp³-hybridized carbons (Fsp3) is 0.455. The van der Waals surface area contributed by atoms with Crippen LogP contribution in [0.1, 0.15) is 16.9 Å². The highest BCUT2D eigenvalue weighted by Crippen LogP contribution is 2.02. The molecule has 2 N–H and O–H groups in total. The van der Waals surface area contributed by atoms with E-state index in [1.165, 1.54) is 11.8 Å². The molecule has 6 heteroatoms. The van der Waals surface area contributed by atoms with Crippen molar-refractivity contribution < 1.29 is 14.7 Å². The van der Waals surface area contributed by atoms with Crippen LogP contribution in [0.5, 0.6) is 0 Å². The number of amides is 2. The first-order chi connectivity index (χ1) is 8.15. The van der Waals surface area contributed by atoms with E-state index in [1.807, 2.05) is 0 Å². The van der Waals surface area contributed by atoms with E-state index in [2.05, 4.69) is 5.32 Å². The fourth-order valence-corrected chi connectivity index (χ4v) is 1.99. The highest BCUT2D eigenvalue weighted by Gasteiger charge is 2.12. The number of nitrogens with one attached hydrogen (secondary N) is 1. The molecule has 1 rings (SSSR count).